The van der Waals surface area contributed by atoms with Crippen LogP contribution in [0.25, 0.3) is 0 Å². The van der Waals surface area contributed by atoms with Crippen LogP contribution in [0.5, 0.6) is 0 Å². The van der Waals surface area contributed by atoms with Gasteiger partial charge in [-0.25, -0.2) is 4.79 Å². The Morgan fingerprint density at radius 3 is 1.61 bits per heavy atom. The lowest BCUT2D eigenvalue weighted by molar-refractivity contribution is -0.423. The van der Waals surface area contributed by atoms with E-state index in [9.17, 15) is 53.1 Å². The van der Waals surface area contributed by atoms with E-state index in [2.05, 4.69) is 4.74 Å². The molecule has 0 unspecified atom stereocenters. The predicted molar refractivity (Wildman–Crippen MR) is 51.8 cm³/mol. The summed E-state index contributed by atoms with van der Waals surface area (Å²) >= 11 is 4.76. The predicted octanol–water partition coefficient (Wildman–Crippen LogP) is 4.39. The third-order valence-corrected chi connectivity index (χ3v) is 2.32. The van der Waals surface area contributed by atoms with Gasteiger partial charge in [-0.15, -0.1) is 0 Å². The first-order valence-electron chi connectivity index (χ1n) is 4.97. The van der Waals surface area contributed by atoms with Crippen molar-refractivity contribution in [2.45, 2.75) is 29.9 Å². The minimum atomic E-state index is -7.53. The number of carbonyl (C=O) groups excluding carboxylic acids is 1. The van der Waals surface area contributed by atoms with Crippen LogP contribution in [-0.2, 0) is 9.53 Å². The summed E-state index contributed by atoms with van der Waals surface area (Å²) in [7, 11) is 0. The molecule has 0 radical (unpaired) electrons. The van der Waals surface area contributed by atoms with Crippen molar-refractivity contribution in [1.82, 2.24) is 0 Å². The second-order valence-electron chi connectivity index (χ2n) is 3.83. The molecule has 0 amide bonds. The quantitative estimate of drug-likeness (QED) is 0.383. The van der Waals surface area contributed by atoms with E-state index in [-0.39, 0.29) is 6.08 Å². The Labute approximate surface area is 124 Å². The average Bonchev–Trinajstić information content (AvgIpc) is 2.34. The van der Waals surface area contributed by atoms with E-state index >= 15 is 0 Å². The second kappa shape index (κ2) is 6.32. The van der Waals surface area contributed by atoms with Gasteiger partial charge >= 0.3 is 35.8 Å². The van der Waals surface area contributed by atoms with E-state index in [0.29, 0.717) is 5.54 Å². The summed E-state index contributed by atoms with van der Waals surface area (Å²) in [6, 6.07) is 0. The van der Waals surface area contributed by atoms with Crippen molar-refractivity contribution >= 4 is 17.6 Å². The molecule has 0 rings (SSSR count). The van der Waals surface area contributed by atoms with Gasteiger partial charge in [-0.05, 0) is 0 Å². The maximum absolute atomic E-state index is 13.0. The molecule has 0 aliphatic rings. The number of esters is 1. The van der Waals surface area contributed by atoms with E-state index in [4.69, 9.17) is 11.6 Å². The van der Waals surface area contributed by atoms with Crippen LogP contribution in [0.1, 0.15) is 0 Å². The van der Waals surface area contributed by atoms with E-state index in [0.717, 1.165) is 0 Å². The van der Waals surface area contributed by atoms with Crippen LogP contribution in [0.3, 0.4) is 0 Å². The molecule has 0 heterocycles. The lowest BCUT2D eigenvalue weighted by Gasteiger charge is -2.36. The molecule has 0 N–H and O–H groups in total. The van der Waals surface area contributed by atoms with Gasteiger partial charge in [0, 0.05) is 11.6 Å². The van der Waals surface area contributed by atoms with Crippen molar-refractivity contribution in [2.75, 3.05) is 6.61 Å². The van der Waals surface area contributed by atoms with Crippen LogP contribution in [0.15, 0.2) is 11.6 Å². The molecular formula is C9H4ClF11O2. The molecule has 0 aliphatic heterocycles. The van der Waals surface area contributed by atoms with E-state index in [1.807, 2.05) is 0 Å². The molecule has 0 aromatic rings. The number of halogens is 12. The van der Waals surface area contributed by atoms with Crippen LogP contribution < -0.4 is 0 Å². The molecule has 0 aromatic carbocycles. The fraction of sp³-hybridized carbons (Fsp3) is 0.667. The van der Waals surface area contributed by atoms with Gasteiger partial charge in [0.25, 0.3) is 0 Å². The normalized spacial score (nSPS) is 15.1. The Bertz CT molecular complexity index is 469. The Hall–Kier alpha value is -1.27. The lowest BCUT2D eigenvalue weighted by atomic mass is 9.98. The largest absolute Gasteiger partial charge is 0.460 e. The van der Waals surface area contributed by atoms with Crippen molar-refractivity contribution in [3.05, 3.63) is 11.6 Å². The highest BCUT2D eigenvalue weighted by Gasteiger charge is 2.87. The van der Waals surface area contributed by atoms with Crippen LogP contribution >= 0.6 is 11.6 Å². The zero-order chi connectivity index (χ0) is 18.9. The first kappa shape index (κ1) is 21.7. The summed E-state index contributed by atoms with van der Waals surface area (Å²) < 4.78 is 141. The Kier molecular flexibility index (Phi) is 5.97. The van der Waals surface area contributed by atoms with Crippen LogP contribution in [0.4, 0.5) is 48.3 Å². The third-order valence-electron chi connectivity index (χ3n) is 2.20. The van der Waals surface area contributed by atoms with Gasteiger partial charge in [0.15, 0.2) is 6.61 Å². The maximum Gasteiger partial charge on any atom is 0.460 e. The fourth-order valence-corrected chi connectivity index (χ4v) is 1.06. The van der Waals surface area contributed by atoms with E-state index in [1.165, 1.54) is 0 Å². The van der Waals surface area contributed by atoms with Gasteiger partial charge in [0.2, 0.25) is 0 Å². The molecule has 0 spiro atoms. The van der Waals surface area contributed by atoms with Crippen LogP contribution in [0.2, 0.25) is 0 Å². The number of hydrogen-bond donors (Lipinski definition) is 0. The van der Waals surface area contributed by atoms with Gasteiger partial charge in [-0.2, -0.15) is 48.3 Å². The van der Waals surface area contributed by atoms with Gasteiger partial charge < -0.3 is 4.74 Å². The zero-order valence-corrected chi connectivity index (χ0v) is 11.0. The Morgan fingerprint density at radius 1 is 0.826 bits per heavy atom. The van der Waals surface area contributed by atoms with Crippen LogP contribution in [0, 0.1) is 0 Å². The zero-order valence-electron chi connectivity index (χ0n) is 10.2. The highest BCUT2D eigenvalue weighted by molar-refractivity contribution is 6.26. The molecule has 0 saturated carbocycles. The molecule has 0 atom stereocenters. The van der Waals surface area contributed by atoms with Crippen molar-refractivity contribution in [3.8, 4) is 0 Å². The lowest BCUT2D eigenvalue weighted by Crippen LogP contribution is -2.67. The van der Waals surface area contributed by atoms with E-state index in [1.54, 1.807) is 0 Å². The molecule has 0 bridgehead atoms. The summed E-state index contributed by atoms with van der Waals surface area (Å²) in [5.74, 6) is -30.3. The SMILES string of the molecule is O=C(/C=C\Cl)OCC(F)(F)C(F)(F)C(F)(F)C(F)(F)C(F)(F)F. The summed E-state index contributed by atoms with van der Waals surface area (Å²) in [4.78, 5) is 10.5. The topological polar surface area (TPSA) is 26.3 Å². The summed E-state index contributed by atoms with van der Waals surface area (Å²) in [6.07, 6.45) is -7.09. The Balaban J connectivity index is 5.62. The minimum absolute atomic E-state index is 0.151. The summed E-state index contributed by atoms with van der Waals surface area (Å²) in [5.41, 5.74) is 0.338. The highest BCUT2D eigenvalue weighted by Crippen LogP contribution is 2.57. The first-order chi connectivity index (χ1) is 9.95. The van der Waals surface area contributed by atoms with Crippen molar-refractivity contribution in [1.29, 1.82) is 0 Å². The smallest absolute Gasteiger partial charge is 0.456 e. The first-order valence-corrected chi connectivity index (χ1v) is 5.41. The van der Waals surface area contributed by atoms with Gasteiger partial charge in [0.1, 0.15) is 0 Å². The van der Waals surface area contributed by atoms with Gasteiger partial charge in [-0.3, -0.25) is 0 Å². The number of carbonyl (C=O) groups is 1. The monoisotopic (exact) mass is 388 g/mol. The average molecular weight is 389 g/mol. The third kappa shape index (κ3) is 3.80. The minimum Gasteiger partial charge on any atom is -0.456 e. The highest BCUT2D eigenvalue weighted by atomic mass is 35.5. The molecule has 0 fully saturated rings. The molecular weight excluding hydrogens is 385 g/mol. The number of alkyl halides is 11. The van der Waals surface area contributed by atoms with Gasteiger partial charge in [0.05, 0.1) is 0 Å². The number of hydrogen-bond acceptors (Lipinski definition) is 2. The fourth-order valence-electron chi connectivity index (χ4n) is 0.957. The molecule has 2 nitrogen and oxygen atoms in total. The van der Waals surface area contributed by atoms with Crippen LogP contribution in [-0.4, -0.2) is 42.4 Å². The Morgan fingerprint density at radius 2 is 1.26 bits per heavy atom. The second-order valence-corrected chi connectivity index (χ2v) is 4.08. The van der Waals surface area contributed by atoms with E-state index < -0.39 is 42.4 Å². The molecule has 0 aliphatic carbocycles. The molecule has 23 heavy (non-hydrogen) atoms. The number of ether oxygens (including phenoxy) is 1. The van der Waals surface area contributed by atoms with Crippen molar-refractivity contribution in [2.24, 2.45) is 0 Å². The summed E-state index contributed by atoms with van der Waals surface area (Å²) in [5, 5.41) is 0. The standard InChI is InChI=1S/C9H4ClF11O2/c10-2-1-4(22)23-3-5(11,12)6(13,14)7(15,16)8(17,18)9(19,20)21/h1-2H,3H2/b2-1-. The molecule has 0 saturated heterocycles. The molecule has 0 aromatic heterocycles. The number of rotatable bonds is 6. The maximum atomic E-state index is 13.0. The summed E-state index contributed by atoms with van der Waals surface area (Å²) in [6.45, 7) is -2.90. The molecule has 14 heteroatoms. The molecule has 136 valence electrons. The van der Waals surface area contributed by atoms with Gasteiger partial charge in [-0.1, -0.05) is 11.6 Å². The van der Waals surface area contributed by atoms with Crippen molar-refractivity contribution in [3.63, 3.8) is 0 Å². The van der Waals surface area contributed by atoms with Crippen molar-refractivity contribution < 1.29 is 57.8 Å².